The molecule has 48 heavy (non-hydrogen) atoms. The molecule has 1 aromatic carbocycles. The minimum Gasteiger partial charge on any atom is -0.497 e. The monoisotopic (exact) mass is 894 g/mol. The molecule has 0 fully saturated rings. The van der Waals surface area contributed by atoms with Crippen LogP contribution in [-0.4, -0.2) is 44.1 Å². The van der Waals surface area contributed by atoms with Crippen molar-refractivity contribution in [3.8, 4) is 11.5 Å². The Labute approximate surface area is 334 Å². The Morgan fingerprint density at radius 2 is 0.896 bits per heavy atom. The van der Waals surface area contributed by atoms with Gasteiger partial charge in [0, 0.05) is 6.07 Å². The molecule has 0 atom stereocenters. The Morgan fingerprint density at radius 1 is 0.521 bits per heavy atom. The van der Waals surface area contributed by atoms with E-state index in [4.69, 9.17) is 153 Å². The highest BCUT2D eigenvalue weighted by Crippen LogP contribution is 2.41. The van der Waals surface area contributed by atoms with Crippen molar-refractivity contribution in [2.45, 2.75) is 22.1 Å². The third kappa shape index (κ3) is 13.0. The number of hydrogen-bond donors (Lipinski definition) is 0. The maximum absolute atomic E-state index is 5.84. The second-order valence-electron chi connectivity index (χ2n) is 8.93. The van der Waals surface area contributed by atoms with Gasteiger partial charge in [0.05, 0.1) is 14.2 Å². The van der Waals surface area contributed by atoms with Crippen LogP contribution < -0.4 is 9.47 Å². The summed E-state index contributed by atoms with van der Waals surface area (Å²) in [5.41, 5.74) is 0.757. The highest BCUT2D eigenvalue weighted by atomic mass is 35.6. The number of aromatic nitrogens is 6. The highest BCUT2D eigenvalue weighted by molar-refractivity contribution is 6.68. The number of rotatable bonds is 6. The standard InChI is InChI=1S/C15H11Cl6N3O2.C12H7Cl6N3O/c1-25-9-5-8(6-10(7-9)26-2)3-4-11-22-12(14(16,17)18)24-13(23-11)15(19,20)21;1-6-2-3-7(22-6)4-5-8-19-9(11(13,14)15)21-10(20-8)12(16,17)18/h3-7H,1-2H3;2-5H,1H3. The largest absolute Gasteiger partial charge is 0.497 e. The molecule has 0 aliphatic rings. The second kappa shape index (κ2) is 17.1. The van der Waals surface area contributed by atoms with E-state index < -0.39 is 15.2 Å². The summed E-state index contributed by atoms with van der Waals surface area (Å²) in [6, 6.07) is 8.89. The summed E-state index contributed by atoms with van der Waals surface area (Å²) >= 11 is 69.7. The fourth-order valence-electron chi connectivity index (χ4n) is 3.24. The lowest BCUT2D eigenvalue weighted by atomic mass is 10.2. The van der Waals surface area contributed by atoms with Crippen LogP contribution >= 0.6 is 139 Å². The van der Waals surface area contributed by atoms with E-state index in [0.717, 1.165) is 11.3 Å². The summed E-state index contributed by atoms with van der Waals surface area (Å²) in [6.07, 6.45) is 6.41. The molecule has 9 nitrogen and oxygen atoms in total. The number of hydrogen-bond acceptors (Lipinski definition) is 9. The van der Waals surface area contributed by atoms with Gasteiger partial charge in [-0.15, -0.1) is 0 Å². The topological polar surface area (TPSA) is 109 Å². The molecule has 0 saturated carbocycles. The molecule has 0 unspecified atom stereocenters. The number of benzene rings is 1. The van der Waals surface area contributed by atoms with E-state index in [-0.39, 0.29) is 34.9 Å². The van der Waals surface area contributed by atoms with E-state index in [9.17, 15) is 0 Å². The number of halogens is 12. The van der Waals surface area contributed by atoms with Crippen LogP contribution in [0.25, 0.3) is 24.3 Å². The predicted molar refractivity (Wildman–Crippen MR) is 197 cm³/mol. The minimum atomic E-state index is -1.91. The van der Waals surface area contributed by atoms with Crippen molar-refractivity contribution in [3.63, 3.8) is 0 Å². The molecule has 4 aromatic rings. The van der Waals surface area contributed by atoms with Gasteiger partial charge < -0.3 is 13.9 Å². The molecule has 0 radical (unpaired) electrons. The molecular weight excluding hydrogens is 882 g/mol. The van der Waals surface area contributed by atoms with Crippen LogP contribution in [0.2, 0.25) is 0 Å². The summed E-state index contributed by atoms with van der Waals surface area (Å²) in [5.74, 6) is 2.27. The van der Waals surface area contributed by atoms with Crippen molar-refractivity contribution < 1.29 is 13.9 Å². The molecule has 0 spiro atoms. The van der Waals surface area contributed by atoms with Gasteiger partial charge >= 0.3 is 0 Å². The SMILES string of the molecule is COc1cc(C=Cc2nc(C(Cl)(Cl)Cl)nc(C(Cl)(Cl)Cl)n2)cc(OC)c1.Cc1ccc(C=Cc2nc(C(Cl)(Cl)Cl)nc(C(Cl)(Cl)Cl)n2)o1. The van der Waals surface area contributed by atoms with E-state index in [1.54, 1.807) is 56.7 Å². The Hall–Kier alpha value is -0.920. The molecule has 0 amide bonds. The minimum absolute atomic E-state index is 0.143. The smallest absolute Gasteiger partial charge is 0.250 e. The van der Waals surface area contributed by atoms with Crippen molar-refractivity contribution in [2.75, 3.05) is 14.2 Å². The molecule has 0 aliphatic heterocycles. The van der Waals surface area contributed by atoms with Gasteiger partial charge in [0.25, 0.3) is 0 Å². The number of furan rings is 1. The lowest BCUT2D eigenvalue weighted by molar-refractivity contribution is 0.394. The quantitative estimate of drug-likeness (QED) is 0.175. The third-order valence-corrected chi connectivity index (χ3v) is 7.30. The van der Waals surface area contributed by atoms with Crippen LogP contribution in [0.3, 0.4) is 0 Å². The molecule has 0 saturated heterocycles. The van der Waals surface area contributed by atoms with Gasteiger partial charge in [-0.1, -0.05) is 145 Å². The third-order valence-electron chi connectivity index (χ3n) is 5.28. The number of aryl methyl sites for hydroxylation is 1. The number of methoxy groups -OCH3 is 2. The van der Waals surface area contributed by atoms with Crippen LogP contribution in [-0.2, 0) is 15.2 Å². The summed E-state index contributed by atoms with van der Waals surface area (Å²) in [4.78, 5) is 23.9. The lowest BCUT2D eigenvalue weighted by Gasteiger charge is -2.14. The van der Waals surface area contributed by atoms with Crippen molar-refractivity contribution in [1.82, 2.24) is 29.9 Å². The molecule has 4 rings (SSSR count). The molecule has 21 heteroatoms. The predicted octanol–water partition coefficient (Wildman–Crippen LogP) is 11.3. The number of ether oxygens (including phenoxy) is 2. The second-order valence-corrected chi connectivity index (χ2v) is 18.1. The summed E-state index contributed by atoms with van der Waals surface area (Å²) in [6.45, 7) is 1.82. The first-order valence-corrected chi connectivity index (χ1v) is 17.1. The molecule has 3 heterocycles. The van der Waals surface area contributed by atoms with Gasteiger partial charge in [-0.3, -0.25) is 0 Å². The molecule has 258 valence electrons. The molecular formula is C27H18Cl12N6O3. The molecule has 0 N–H and O–H groups in total. The fraction of sp³-hybridized carbons (Fsp3) is 0.259. The van der Waals surface area contributed by atoms with Gasteiger partial charge in [0.15, 0.2) is 34.9 Å². The Morgan fingerprint density at radius 3 is 1.21 bits per heavy atom. The Kier molecular flexibility index (Phi) is 14.8. The zero-order valence-corrected chi connectivity index (χ0v) is 33.2. The number of nitrogens with zero attached hydrogens (tertiary/aromatic N) is 6. The van der Waals surface area contributed by atoms with Crippen molar-refractivity contribution in [3.05, 3.63) is 82.4 Å². The average molecular weight is 900 g/mol. The normalized spacial score (nSPS) is 12.7. The van der Waals surface area contributed by atoms with Crippen LogP contribution in [0.1, 0.15) is 52.0 Å². The van der Waals surface area contributed by atoms with Crippen LogP contribution in [0.4, 0.5) is 0 Å². The van der Waals surface area contributed by atoms with Crippen LogP contribution in [0.15, 0.2) is 34.7 Å². The Balaban J connectivity index is 0.000000264. The number of alkyl halides is 12. The first-order chi connectivity index (χ1) is 22.1. The van der Waals surface area contributed by atoms with Gasteiger partial charge in [-0.2, -0.15) is 0 Å². The molecule has 0 aliphatic carbocycles. The van der Waals surface area contributed by atoms with E-state index in [0.29, 0.717) is 17.3 Å². The highest BCUT2D eigenvalue weighted by Gasteiger charge is 2.34. The first-order valence-electron chi connectivity index (χ1n) is 12.5. The van der Waals surface area contributed by atoms with Gasteiger partial charge in [-0.25, -0.2) is 29.9 Å². The lowest BCUT2D eigenvalue weighted by Crippen LogP contribution is -2.16. The van der Waals surface area contributed by atoms with Crippen molar-refractivity contribution >= 4 is 164 Å². The molecule has 3 aromatic heterocycles. The first kappa shape index (κ1) is 41.5. The van der Waals surface area contributed by atoms with Crippen molar-refractivity contribution in [2.24, 2.45) is 0 Å². The van der Waals surface area contributed by atoms with E-state index >= 15 is 0 Å². The van der Waals surface area contributed by atoms with E-state index in [2.05, 4.69) is 29.9 Å². The maximum Gasteiger partial charge on any atom is 0.250 e. The van der Waals surface area contributed by atoms with E-state index in [1.807, 2.05) is 13.0 Å². The Bertz CT molecular complexity index is 1690. The van der Waals surface area contributed by atoms with Gasteiger partial charge in [-0.05, 0) is 55.0 Å². The van der Waals surface area contributed by atoms with Crippen LogP contribution in [0.5, 0.6) is 11.5 Å². The fourth-order valence-corrected chi connectivity index (χ4v) is 4.25. The average Bonchev–Trinajstić information content (AvgIpc) is 3.42. The zero-order chi connectivity index (χ0) is 36.1. The summed E-state index contributed by atoms with van der Waals surface area (Å²) in [7, 11) is 3.10. The van der Waals surface area contributed by atoms with Crippen LogP contribution in [0, 0.1) is 6.92 Å². The van der Waals surface area contributed by atoms with Gasteiger partial charge in [0.2, 0.25) is 15.2 Å². The van der Waals surface area contributed by atoms with Gasteiger partial charge in [0.1, 0.15) is 23.0 Å². The maximum atomic E-state index is 5.84. The summed E-state index contributed by atoms with van der Waals surface area (Å²) in [5, 5.41) is 0. The summed E-state index contributed by atoms with van der Waals surface area (Å²) < 4.78 is 8.25. The van der Waals surface area contributed by atoms with E-state index in [1.165, 1.54) is 6.08 Å². The zero-order valence-electron chi connectivity index (χ0n) is 24.1. The molecule has 0 bridgehead atoms. The van der Waals surface area contributed by atoms with Crippen molar-refractivity contribution in [1.29, 1.82) is 0 Å².